The third-order valence-corrected chi connectivity index (χ3v) is 4.87. The highest BCUT2D eigenvalue weighted by Gasteiger charge is 2.16. The third kappa shape index (κ3) is 3.59. The van der Waals surface area contributed by atoms with E-state index in [0.717, 1.165) is 12.0 Å². The van der Waals surface area contributed by atoms with Crippen molar-refractivity contribution in [2.45, 2.75) is 20.3 Å². The maximum absolute atomic E-state index is 12.4. The van der Waals surface area contributed by atoms with Gasteiger partial charge in [-0.15, -0.1) is 11.3 Å². The van der Waals surface area contributed by atoms with Gasteiger partial charge in [0.1, 0.15) is 0 Å². The Bertz CT molecular complexity index is 684. The molecule has 1 heterocycles. The average Bonchev–Trinajstić information content (AvgIpc) is 2.94. The minimum atomic E-state index is -0.146. The van der Waals surface area contributed by atoms with Gasteiger partial charge in [-0.05, 0) is 25.0 Å². The molecule has 6 heteroatoms. The normalized spacial score (nSPS) is 10.3. The Labute approximate surface area is 140 Å². The number of benzene rings is 1. The predicted octanol–water partition coefficient (Wildman–Crippen LogP) is 3.90. The number of thiophene rings is 1. The second-order valence-corrected chi connectivity index (χ2v) is 6.08. The van der Waals surface area contributed by atoms with Gasteiger partial charge in [-0.25, -0.2) is 0 Å². The van der Waals surface area contributed by atoms with Crippen molar-refractivity contribution in [1.29, 1.82) is 0 Å². The number of anilines is 1. The van der Waals surface area contributed by atoms with Crippen molar-refractivity contribution in [3.05, 3.63) is 33.5 Å². The lowest BCUT2D eigenvalue weighted by atomic mass is 10.2. The number of amides is 1. The van der Waals surface area contributed by atoms with Gasteiger partial charge in [-0.1, -0.05) is 6.92 Å². The van der Waals surface area contributed by atoms with Crippen LogP contribution < -0.4 is 19.5 Å². The van der Waals surface area contributed by atoms with Crippen LogP contribution in [0.5, 0.6) is 17.2 Å². The molecule has 1 amide bonds. The molecule has 0 aliphatic heterocycles. The van der Waals surface area contributed by atoms with Crippen LogP contribution in [0.15, 0.2) is 18.2 Å². The largest absolute Gasteiger partial charge is 0.493 e. The van der Waals surface area contributed by atoms with Gasteiger partial charge in [0.15, 0.2) is 11.5 Å². The van der Waals surface area contributed by atoms with Gasteiger partial charge >= 0.3 is 0 Å². The zero-order chi connectivity index (χ0) is 17.0. The maximum atomic E-state index is 12.4. The average molecular weight is 335 g/mol. The Kier molecular flexibility index (Phi) is 5.50. The van der Waals surface area contributed by atoms with Crippen LogP contribution in [-0.4, -0.2) is 27.2 Å². The van der Waals surface area contributed by atoms with E-state index in [-0.39, 0.29) is 5.91 Å². The molecule has 1 N–H and O–H groups in total. The first-order valence-corrected chi connectivity index (χ1v) is 8.06. The molecule has 5 nitrogen and oxygen atoms in total. The molecule has 0 unspecified atom stereocenters. The molecule has 1 aromatic carbocycles. The van der Waals surface area contributed by atoms with Crippen LogP contribution in [0.25, 0.3) is 0 Å². The number of hydrogen-bond donors (Lipinski definition) is 1. The smallest absolute Gasteiger partial charge is 0.265 e. The van der Waals surface area contributed by atoms with E-state index in [1.54, 1.807) is 33.5 Å². The number of methoxy groups -OCH3 is 3. The number of carbonyl (C=O) groups is 1. The van der Waals surface area contributed by atoms with E-state index in [9.17, 15) is 4.79 Å². The molecule has 0 aliphatic carbocycles. The Morgan fingerprint density at radius 2 is 1.70 bits per heavy atom. The topological polar surface area (TPSA) is 56.8 Å². The van der Waals surface area contributed by atoms with Crippen molar-refractivity contribution < 1.29 is 19.0 Å². The number of rotatable bonds is 6. The fourth-order valence-corrected chi connectivity index (χ4v) is 3.34. The summed E-state index contributed by atoms with van der Waals surface area (Å²) in [5.41, 5.74) is 1.74. The highest BCUT2D eigenvalue weighted by Crippen LogP contribution is 2.40. The molecule has 0 saturated heterocycles. The van der Waals surface area contributed by atoms with E-state index < -0.39 is 0 Å². The Morgan fingerprint density at radius 3 is 2.13 bits per heavy atom. The summed E-state index contributed by atoms with van der Waals surface area (Å²) in [5, 5.41) is 2.88. The molecule has 2 aromatic rings. The number of aryl methyl sites for hydroxylation is 2. The van der Waals surface area contributed by atoms with E-state index in [1.807, 2.05) is 13.0 Å². The van der Waals surface area contributed by atoms with Gasteiger partial charge in [0.25, 0.3) is 5.91 Å². The number of ether oxygens (including phenoxy) is 3. The van der Waals surface area contributed by atoms with Gasteiger partial charge in [0.05, 0.1) is 26.2 Å². The number of hydrogen-bond acceptors (Lipinski definition) is 5. The molecular formula is C17H21NO4S. The zero-order valence-corrected chi connectivity index (χ0v) is 14.8. The first-order chi connectivity index (χ1) is 11.0. The first kappa shape index (κ1) is 17.1. The van der Waals surface area contributed by atoms with Crippen LogP contribution in [0.2, 0.25) is 0 Å². The Hall–Kier alpha value is -2.21. The zero-order valence-electron chi connectivity index (χ0n) is 14.0. The van der Waals surface area contributed by atoms with Gasteiger partial charge in [0.2, 0.25) is 5.75 Å². The SMILES string of the molecule is CCc1sc(C(=O)Nc2cc(OC)c(OC)c(OC)c2)cc1C. The molecular weight excluding hydrogens is 314 g/mol. The van der Waals surface area contributed by atoms with Crippen molar-refractivity contribution in [1.82, 2.24) is 0 Å². The molecule has 0 saturated carbocycles. The van der Waals surface area contributed by atoms with Gasteiger partial charge in [0, 0.05) is 22.7 Å². The molecule has 124 valence electrons. The van der Waals surface area contributed by atoms with Gasteiger partial charge in [-0.2, -0.15) is 0 Å². The second kappa shape index (κ2) is 7.37. The molecule has 0 fully saturated rings. The lowest BCUT2D eigenvalue weighted by molar-refractivity contribution is 0.103. The maximum Gasteiger partial charge on any atom is 0.265 e. The van der Waals surface area contributed by atoms with Crippen molar-refractivity contribution in [2.24, 2.45) is 0 Å². The molecule has 0 bridgehead atoms. The fourth-order valence-electron chi connectivity index (χ4n) is 2.33. The first-order valence-electron chi connectivity index (χ1n) is 7.24. The van der Waals surface area contributed by atoms with Crippen LogP contribution in [-0.2, 0) is 6.42 Å². The lowest BCUT2D eigenvalue weighted by Crippen LogP contribution is -2.10. The Balaban J connectivity index is 2.29. The molecule has 0 radical (unpaired) electrons. The van der Waals surface area contributed by atoms with E-state index in [1.165, 1.54) is 16.2 Å². The van der Waals surface area contributed by atoms with Crippen LogP contribution in [0.1, 0.15) is 27.0 Å². The summed E-state index contributed by atoms with van der Waals surface area (Å²) < 4.78 is 15.9. The highest BCUT2D eigenvalue weighted by molar-refractivity contribution is 7.14. The van der Waals surface area contributed by atoms with Crippen molar-refractivity contribution >= 4 is 22.9 Å². The predicted molar refractivity (Wildman–Crippen MR) is 92.5 cm³/mol. The molecule has 0 atom stereocenters. The number of nitrogens with one attached hydrogen (secondary N) is 1. The molecule has 23 heavy (non-hydrogen) atoms. The van der Waals surface area contributed by atoms with Crippen molar-refractivity contribution in [3.8, 4) is 17.2 Å². The minimum Gasteiger partial charge on any atom is -0.493 e. The summed E-state index contributed by atoms with van der Waals surface area (Å²) in [6.07, 6.45) is 0.925. The van der Waals surface area contributed by atoms with E-state index in [2.05, 4.69) is 12.2 Å². The minimum absolute atomic E-state index is 0.146. The molecule has 2 rings (SSSR count). The molecule has 0 spiro atoms. The number of carbonyl (C=O) groups excluding carboxylic acids is 1. The third-order valence-electron chi connectivity index (χ3n) is 3.49. The van der Waals surface area contributed by atoms with E-state index in [4.69, 9.17) is 14.2 Å². The van der Waals surface area contributed by atoms with Crippen LogP contribution in [0, 0.1) is 6.92 Å². The fraction of sp³-hybridized carbons (Fsp3) is 0.353. The van der Waals surface area contributed by atoms with Gasteiger partial charge in [-0.3, -0.25) is 4.79 Å². The van der Waals surface area contributed by atoms with Crippen LogP contribution in [0.4, 0.5) is 5.69 Å². The van der Waals surface area contributed by atoms with Crippen molar-refractivity contribution in [2.75, 3.05) is 26.6 Å². The van der Waals surface area contributed by atoms with E-state index >= 15 is 0 Å². The Morgan fingerprint density at radius 1 is 1.09 bits per heavy atom. The summed E-state index contributed by atoms with van der Waals surface area (Å²) >= 11 is 1.52. The van der Waals surface area contributed by atoms with E-state index in [0.29, 0.717) is 27.8 Å². The molecule has 0 aliphatic rings. The van der Waals surface area contributed by atoms with Crippen LogP contribution in [0.3, 0.4) is 0 Å². The molecule has 1 aromatic heterocycles. The van der Waals surface area contributed by atoms with Gasteiger partial charge < -0.3 is 19.5 Å². The van der Waals surface area contributed by atoms with Crippen LogP contribution >= 0.6 is 11.3 Å². The summed E-state index contributed by atoms with van der Waals surface area (Å²) in [6.45, 7) is 4.10. The highest BCUT2D eigenvalue weighted by atomic mass is 32.1. The monoisotopic (exact) mass is 335 g/mol. The summed E-state index contributed by atoms with van der Waals surface area (Å²) in [7, 11) is 4.62. The quantitative estimate of drug-likeness (QED) is 0.870. The summed E-state index contributed by atoms with van der Waals surface area (Å²) in [6, 6.07) is 5.33. The lowest BCUT2D eigenvalue weighted by Gasteiger charge is -2.14. The summed E-state index contributed by atoms with van der Waals surface area (Å²) in [5.74, 6) is 1.35. The van der Waals surface area contributed by atoms with Crippen molar-refractivity contribution in [3.63, 3.8) is 0 Å². The standard InChI is InChI=1S/C17H21NO4S/c1-6-14-10(2)7-15(23-14)17(19)18-11-8-12(20-3)16(22-5)13(9-11)21-4/h7-9H,6H2,1-5H3,(H,18,19). The second-order valence-electron chi connectivity index (χ2n) is 4.94. The summed E-state index contributed by atoms with van der Waals surface area (Å²) in [4.78, 5) is 14.3.